The molecule has 1 fully saturated rings. The molecule has 0 aromatic heterocycles. The summed E-state index contributed by atoms with van der Waals surface area (Å²) in [5, 5.41) is 3.07. The standard InChI is InChI=1S/C13H26N2O/c1-3-7-12(14)13(16)15-10(2)11-8-5-4-6-9-11/h10-12H,3-9,14H2,1-2H3,(H,15,16)/t10-,12+/m0/s1. The number of carbonyl (C=O) groups excluding carboxylic acids is 1. The minimum Gasteiger partial charge on any atom is -0.352 e. The molecule has 0 spiro atoms. The van der Waals surface area contributed by atoms with Crippen molar-refractivity contribution < 1.29 is 4.79 Å². The predicted molar refractivity (Wildman–Crippen MR) is 67.1 cm³/mol. The molecule has 1 aliphatic rings. The maximum absolute atomic E-state index is 11.7. The minimum absolute atomic E-state index is 0.0277. The molecule has 3 heteroatoms. The van der Waals surface area contributed by atoms with E-state index in [-0.39, 0.29) is 18.0 Å². The average molecular weight is 226 g/mol. The van der Waals surface area contributed by atoms with Gasteiger partial charge in [0, 0.05) is 6.04 Å². The maximum atomic E-state index is 11.7. The van der Waals surface area contributed by atoms with Crippen LogP contribution in [-0.2, 0) is 4.79 Å². The summed E-state index contributed by atoms with van der Waals surface area (Å²) in [6, 6.07) is -0.0354. The highest BCUT2D eigenvalue weighted by Gasteiger charge is 2.23. The Kier molecular flexibility index (Phi) is 5.81. The SMILES string of the molecule is CCC[C@@H](N)C(=O)N[C@@H](C)C1CCCCC1. The van der Waals surface area contributed by atoms with E-state index in [1.54, 1.807) is 0 Å². The molecule has 16 heavy (non-hydrogen) atoms. The molecule has 0 radical (unpaired) electrons. The third-order valence-corrected chi connectivity index (χ3v) is 3.66. The molecule has 0 aromatic rings. The number of carbonyl (C=O) groups is 1. The van der Waals surface area contributed by atoms with Gasteiger partial charge in [-0.1, -0.05) is 32.6 Å². The van der Waals surface area contributed by atoms with Crippen molar-refractivity contribution >= 4 is 5.91 Å². The highest BCUT2D eigenvalue weighted by Crippen LogP contribution is 2.26. The van der Waals surface area contributed by atoms with E-state index in [0.717, 1.165) is 12.8 Å². The van der Waals surface area contributed by atoms with Crippen LogP contribution in [0.15, 0.2) is 0 Å². The lowest BCUT2D eigenvalue weighted by molar-refractivity contribution is -0.123. The van der Waals surface area contributed by atoms with Crippen LogP contribution in [0.5, 0.6) is 0 Å². The fourth-order valence-electron chi connectivity index (χ4n) is 2.53. The molecule has 94 valence electrons. The van der Waals surface area contributed by atoms with Gasteiger partial charge in [-0.3, -0.25) is 4.79 Å². The van der Waals surface area contributed by atoms with E-state index >= 15 is 0 Å². The van der Waals surface area contributed by atoms with Gasteiger partial charge in [-0.2, -0.15) is 0 Å². The average Bonchev–Trinajstić information content (AvgIpc) is 2.30. The summed E-state index contributed by atoms with van der Waals surface area (Å²) in [6.07, 6.45) is 8.23. The second-order valence-corrected chi connectivity index (χ2v) is 5.09. The Labute approximate surface area is 99.2 Å². The number of hydrogen-bond acceptors (Lipinski definition) is 2. The fraction of sp³-hybridized carbons (Fsp3) is 0.923. The van der Waals surface area contributed by atoms with Crippen LogP contribution in [0.1, 0.15) is 58.8 Å². The van der Waals surface area contributed by atoms with Crippen molar-refractivity contribution in [2.24, 2.45) is 11.7 Å². The third-order valence-electron chi connectivity index (χ3n) is 3.66. The molecule has 0 aliphatic heterocycles. The lowest BCUT2D eigenvalue weighted by atomic mass is 9.84. The Bertz CT molecular complexity index is 212. The first-order valence-electron chi connectivity index (χ1n) is 6.71. The summed E-state index contributed by atoms with van der Waals surface area (Å²) in [7, 11) is 0. The van der Waals surface area contributed by atoms with E-state index in [9.17, 15) is 4.79 Å². The number of hydrogen-bond donors (Lipinski definition) is 2. The minimum atomic E-state index is -0.323. The topological polar surface area (TPSA) is 55.1 Å². The van der Waals surface area contributed by atoms with E-state index in [2.05, 4.69) is 19.2 Å². The predicted octanol–water partition coefficient (Wildman–Crippen LogP) is 2.20. The van der Waals surface area contributed by atoms with Crippen molar-refractivity contribution in [3.63, 3.8) is 0 Å². The lowest BCUT2D eigenvalue weighted by Crippen LogP contribution is -2.47. The Morgan fingerprint density at radius 1 is 1.38 bits per heavy atom. The van der Waals surface area contributed by atoms with Crippen molar-refractivity contribution in [3.05, 3.63) is 0 Å². The summed E-state index contributed by atoms with van der Waals surface area (Å²) in [6.45, 7) is 4.17. The van der Waals surface area contributed by atoms with E-state index in [1.165, 1.54) is 32.1 Å². The Balaban J connectivity index is 2.31. The van der Waals surface area contributed by atoms with E-state index in [4.69, 9.17) is 5.73 Å². The first-order chi connectivity index (χ1) is 7.65. The number of nitrogens with one attached hydrogen (secondary N) is 1. The summed E-state index contributed by atoms with van der Waals surface area (Å²) in [5.74, 6) is 0.687. The molecule has 0 unspecified atom stereocenters. The van der Waals surface area contributed by atoms with E-state index < -0.39 is 0 Å². The van der Waals surface area contributed by atoms with Crippen LogP contribution in [0.2, 0.25) is 0 Å². The second-order valence-electron chi connectivity index (χ2n) is 5.09. The summed E-state index contributed by atoms with van der Waals surface area (Å²) < 4.78 is 0. The van der Waals surface area contributed by atoms with Gasteiger partial charge in [-0.05, 0) is 32.1 Å². The summed E-state index contributed by atoms with van der Waals surface area (Å²) in [4.78, 5) is 11.7. The summed E-state index contributed by atoms with van der Waals surface area (Å²) >= 11 is 0. The van der Waals surface area contributed by atoms with Gasteiger partial charge in [0.05, 0.1) is 6.04 Å². The van der Waals surface area contributed by atoms with Gasteiger partial charge >= 0.3 is 0 Å². The molecule has 1 amide bonds. The molecule has 0 heterocycles. The molecule has 3 N–H and O–H groups in total. The largest absolute Gasteiger partial charge is 0.352 e. The zero-order chi connectivity index (χ0) is 12.0. The number of amides is 1. The van der Waals surface area contributed by atoms with Crippen molar-refractivity contribution in [3.8, 4) is 0 Å². The van der Waals surface area contributed by atoms with Crippen LogP contribution in [0, 0.1) is 5.92 Å². The molecule has 2 atom stereocenters. The normalized spacial score (nSPS) is 21.4. The third kappa shape index (κ3) is 4.12. The molecule has 0 aromatic carbocycles. The number of nitrogens with two attached hydrogens (primary N) is 1. The number of rotatable bonds is 5. The van der Waals surface area contributed by atoms with Gasteiger partial charge in [0.1, 0.15) is 0 Å². The quantitative estimate of drug-likeness (QED) is 0.755. The van der Waals surface area contributed by atoms with Crippen LogP contribution >= 0.6 is 0 Å². The zero-order valence-electron chi connectivity index (χ0n) is 10.7. The second kappa shape index (κ2) is 6.89. The zero-order valence-corrected chi connectivity index (χ0v) is 10.7. The molecule has 0 bridgehead atoms. The lowest BCUT2D eigenvalue weighted by Gasteiger charge is -2.29. The van der Waals surface area contributed by atoms with E-state index in [0.29, 0.717) is 5.92 Å². The smallest absolute Gasteiger partial charge is 0.237 e. The molecule has 0 saturated heterocycles. The molecule has 3 nitrogen and oxygen atoms in total. The van der Waals surface area contributed by atoms with Gasteiger partial charge in [0.15, 0.2) is 0 Å². The molecule has 1 rings (SSSR count). The monoisotopic (exact) mass is 226 g/mol. The van der Waals surface area contributed by atoms with Crippen molar-refractivity contribution in [2.75, 3.05) is 0 Å². The Hall–Kier alpha value is -0.570. The molecule has 1 aliphatic carbocycles. The first kappa shape index (κ1) is 13.5. The van der Waals surface area contributed by atoms with Gasteiger partial charge in [0.2, 0.25) is 5.91 Å². The highest BCUT2D eigenvalue weighted by atomic mass is 16.2. The fourth-order valence-corrected chi connectivity index (χ4v) is 2.53. The van der Waals surface area contributed by atoms with Gasteiger partial charge in [0.25, 0.3) is 0 Å². The van der Waals surface area contributed by atoms with Crippen LogP contribution in [0.4, 0.5) is 0 Å². The summed E-state index contributed by atoms with van der Waals surface area (Å²) in [5.41, 5.74) is 5.79. The maximum Gasteiger partial charge on any atom is 0.237 e. The van der Waals surface area contributed by atoms with Crippen molar-refractivity contribution in [2.45, 2.75) is 70.9 Å². The van der Waals surface area contributed by atoms with Gasteiger partial charge in [-0.25, -0.2) is 0 Å². The van der Waals surface area contributed by atoms with Gasteiger partial charge in [-0.15, -0.1) is 0 Å². The van der Waals surface area contributed by atoms with Crippen LogP contribution in [0.3, 0.4) is 0 Å². The first-order valence-corrected chi connectivity index (χ1v) is 6.71. The molecular weight excluding hydrogens is 200 g/mol. The van der Waals surface area contributed by atoms with E-state index in [1.807, 2.05) is 0 Å². The molecular formula is C13H26N2O. The Morgan fingerprint density at radius 3 is 2.56 bits per heavy atom. The van der Waals surface area contributed by atoms with Crippen LogP contribution in [0.25, 0.3) is 0 Å². The van der Waals surface area contributed by atoms with Gasteiger partial charge < -0.3 is 11.1 Å². The van der Waals surface area contributed by atoms with Crippen LogP contribution < -0.4 is 11.1 Å². The highest BCUT2D eigenvalue weighted by molar-refractivity contribution is 5.81. The van der Waals surface area contributed by atoms with Crippen molar-refractivity contribution in [1.82, 2.24) is 5.32 Å². The Morgan fingerprint density at radius 2 is 2.00 bits per heavy atom. The van der Waals surface area contributed by atoms with Crippen LogP contribution in [-0.4, -0.2) is 18.0 Å². The molecule has 1 saturated carbocycles. The van der Waals surface area contributed by atoms with Crippen molar-refractivity contribution in [1.29, 1.82) is 0 Å².